The summed E-state index contributed by atoms with van der Waals surface area (Å²) in [7, 11) is 5.29. The van der Waals surface area contributed by atoms with Crippen LogP contribution in [-0.4, -0.2) is 38.8 Å². The molecule has 0 bridgehead atoms. The van der Waals surface area contributed by atoms with E-state index in [0.717, 1.165) is 11.3 Å². The van der Waals surface area contributed by atoms with Gasteiger partial charge in [0.15, 0.2) is 0 Å². The number of amides is 1. The van der Waals surface area contributed by atoms with Crippen LogP contribution in [-0.2, 0) is 9.53 Å². The highest BCUT2D eigenvalue weighted by Crippen LogP contribution is 2.26. The van der Waals surface area contributed by atoms with Crippen LogP contribution >= 0.6 is 0 Å². The summed E-state index contributed by atoms with van der Waals surface area (Å²) < 4.78 is 4.69. The molecule has 6 heteroatoms. The molecule has 0 spiro atoms. The predicted octanol–water partition coefficient (Wildman–Crippen LogP) is 3.35. The molecule has 0 aliphatic carbocycles. The molecule has 1 aliphatic heterocycles. The zero-order valence-corrected chi connectivity index (χ0v) is 15.8. The van der Waals surface area contributed by atoms with Gasteiger partial charge in [0.1, 0.15) is 0 Å². The topological polar surface area (TPSA) is 62.2 Å². The van der Waals surface area contributed by atoms with Crippen molar-refractivity contribution in [2.24, 2.45) is 5.10 Å². The fraction of sp³-hybridized carbons (Fsp3) is 0.190. The van der Waals surface area contributed by atoms with Gasteiger partial charge in [-0.25, -0.2) is 4.79 Å². The number of esters is 1. The molecule has 3 rings (SSSR count). The average Bonchev–Trinajstić information content (AvgIpc) is 2.96. The molecule has 0 saturated heterocycles. The van der Waals surface area contributed by atoms with E-state index in [9.17, 15) is 9.59 Å². The van der Waals surface area contributed by atoms with Crippen LogP contribution in [0, 0.1) is 0 Å². The van der Waals surface area contributed by atoms with Crippen LogP contribution < -0.4 is 9.91 Å². The number of methoxy groups -OCH3 is 1. The van der Waals surface area contributed by atoms with Gasteiger partial charge in [-0.1, -0.05) is 12.1 Å². The van der Waals surface area contributed by atoms with Crippen LogP contribution in [0.5, 0.6) is 0 Å². The van der Waals surface area contributed by atoms with Gasteiger partial charge in [-0.2, -0.15) is 10.1 Å². The summed E-state index contributed by atoms with van der Waals surface area (Å²) >= 11 is 0. The summed E-state index contributed by atoms with van der Waals surface area (Å²) in [5.74, 6) is -0.620. The van der Waals surface area contributed by atoms with E-state index in [4.69, 9.17) is 0 Å². The predicted molar refractivity (Wildman–Crippen MR) is 107 cm³/mol. The number of hydrogen-bond acceptors (Lipinski definition) is 5. The van der Waals surface area contributed by atoms with Gasteiger partial charge < -0.3 is 9.64 Å². The maximum absolute atomic E-state index is 12.8. The van der Waals surface area contributed by atoms with Gasteiger partial charge in [0.25, 0.3) is 5.91 Å². The van der Waals surface area contributed by atoms with Crippen LogP contribution in [0.3, 0.4) is 0 Å². The van der Waals surface area contributed by atoms with Crippen molar-refractivity contribution in [2.75, 3.05) is 31.1 Å². The first-order valence-electron chi connectivity index (χ1n) is 8.48. The first kappa shape index (κ1) is 18.4. The first-order chi connectivity index (χ1) is 12.9. The first-order valence-corrected chi connectivity index (χ1v) is 8.48. The molecule has 1 aliphatic rings. The molecule has 0 atom stereocenters. The summed E-state index contributed by atoms with van der Waals surface area (Å²) in [5, 5.41) is 5.71. The zero-order valence-electron chi connectivity index (χ0n) is 15.8. The number of ether oxygens (including phenoxy) is 1. The molecule has 0 saturated carbocycles. The molecule has 2 aromatic carbocycles. The van der Waals surface area contributed by atoms with E-state index in [-0.39, 0.29) is 5.91 Å². The van der Waals surface area contributed by atoms with Gasteiger partial charge in [-0.15, -0.1) is 0 Å². The summed E-state index contributed by atoms with van der Waals surface area (Å²) in [6, 6.07) is 14.5. The maximum Gasteiger partial charge on any atom is 0.337 e. The third-order valence-corrected chi connectivity index (χ3v) is 4.32. The number of nitrogens with zero attached hydrogens (tertiary/aromatic N) is 3. The standard InChI is InChI=1S/C21H21N3O3/c1-14-19(13-15-5-9-17(10-6-15)23(2)3)20(25)24(22-14)18-11-7-16(8-12-18)21(26)27-4/h5-13H,1-4H3/b19-13-. The van der Waals surface area contributed by atoms with E-state index in [1.807, 2.05) is 49.3 Å². The van der Waals surface area contributed by atoms with Crippen molar-refractivity contribution in [2.45, 2.75) is 6.92 Å². The van der Waals surface area contributed by atoms with Crippen molar-refractivity contribution in [3.63, 3.8) is 0 Å². The lowest BCUT2D eigenvalue weighted by molar-refractivity contribution is -0.114. The minimum Gasteiger partial charge on any atom is -0.465 e. The van der Waals surface area contributed by atoms with E-state index in [2.05, 4.69) is 9.84 Å². The van der Waals surface area contributed by atoms with Crippen LogP contribution in [0.15, 0.2) is 59.2 Å². The Morgan fingerprint density at radius 1 is 1.07 bits per heavy atom. The summed E-state index contributed by atoms with van der Waals surface area (Å²) in [6.45, 7) is 1.81. The Labute approximate surface area is 158 Å². The molecular weight excluding hydrogens is 342 g/mol. The molecule has 1 amide bonds. The smallest absolute Gasteiger partial charge is 0.337 e. The summed E-state index contributed by atoms with van der Waals surface area (Å²) in [6.07, 6.45) is 1.84. The van der Waals surface area contributed by atoms with E-state index in [0.29, 0.717) is 22.5 Å². The largest absolute Gasteiger partial charge is 0.465 e. The molecule has 138 valence electrons. The van der Waals surface area contributed by atoms with Crippen molar-refractivity contribution in [3.05, 3.63) is 65.2 Å². The highest BCUT2D eigenvalue weighted by Gasteiger charge is 2.28. The third-order valence-electron chi connectivity index (χ3n) is 4.32. The second-order valence-electron chi connectivity index (χ2n) is 6.38. The number of carbonyl (C=O) groups excluding carboxylic acids is 2. The Kier molecular flexibility index (Phi) is 5.07. The van der Waals surface area contributed by atoms with Crippen molar-refractivity contribution in [1.82, 2.24) is 0 Å². The minimum atomic E-state index is -0.421. The van der Waals surface area contributed by atoms with Crippen molar-refractivity contribution in [3.8, 4) is 0 Å². The number of carbonyl (C=O) groups is 2. The van der Waals surface area contributed by atoms with Crippen LogP contribution in [0.4, 0.5) is 11.4 Å². The average molecular weight is 363 g/mol. The van der Waals surface area contributed by atoms with E-state index < -0.39 is 5.97 Å². The molecule has 0 aromatic heterocycles. The van der Waals surface area contributed by atoms with Gasteiger partial charge in [0.05, 0.1) is 29.6 Å². The highest BCUT2D eigenvalue weighted by molar-refractivity contribution is 6.32. The van der Waals surface area contributed by atoms with Gasteiger partial charge in [0.2, 0.25) is 0 Å². The lowest BCUT2D eigenvalue weighted by Crippen LogP contribution is -2.21. The third kappa shape index (κ3) is 3.74. The maximum atomic E-state index is 12.8. The SMILES string of the molecule is COC(=O)c1ccc(N2N=C(C)/C(=C/c3ccc(N(C)C)cc3)C2=O)cc1. The molecular formula is C21H21N3O3. The van der Waals surface area contributed by atoms with E-state index in [1.165, 1.54) is 12.1 Å². The molecule has 6 nitrogen and oxygen atoms in total. The molecule has 27 heavy (non-hydrogen) atoms. The lowest BCUT2D eigenvalue weighted by Gasteiger charge is -2.12. The molecule has 1 heterocycles. The second kappa shape index (κ2) is 7.45. The van der Waals surface area contributed by atoms with Crippen molar-refractivity contribution < 1.29 is 14.3 Å². The number of anilines is 2. The Morgan fingerprint density at radius 3 is 2.26 bits per heavy atom. The minimum absolute atomic E-state index is 0.199. The van der Waals surface area contributed by atoms with Crippen molar-refractivity contribution >= 4 is 35.0 Å². The fourth-order valence-corrected chi connectivity index (χ4v) is 2.75. The monoisotopic (exact) mass is 363 g/mol. The van der Waals surface area contributed by atoms with Gasteiger partial charge in [0, 0.05) is 19.8 Å². The Morgan fingerprint density at radius 2 is 1.70 bits per heavy atom. The zero-order chi connectivity index (χ0) is 19.6. The Hall–Kier alpha value is -3.41. The Balaban J connectivity index is 1.84. The lowest BCUT2D eigenvalue weighted by atomic mass is 10.1. The molecule has 0 radical (unpaired) electrons. The summed E-state index contributed by atoms with van der Waals surface area (Å²) in [4.78, 5) is 26.4. The van der Waals surface area contributed by atoms with Gasteiger partial charge >= 0.3 is 5.97 Å². The normalized spacial score (nSPS) is 15.1. The molecule has 0 fully saturated rings. The molecule has 0 unspecified atom stereocenters. The van der Waals surface area contributed by atoms with Crippen LogP contribution in [0.2, 0.25) is 0 Å². The summed E-state index contributed by atoms with van der Waals surface area (Å²) in [5.41, 5.74) is 4.23. The second-order valence-corrected chi connectivity index (χ2v) is 6.38. The van der Waals surface area contributed by atoms with E-state index >= 15 is 0 Å². The van der Waals surface area contributed by atoms with Gasteiger partial charge in [-0.3, -0.25) is 4.79 Å². The number of benzene rings is 2. The highest BCUT2D eigenvalue weighted by atomic mass is 16.5. The number of rotatable bonds is 4. The quantitative estimate of drug-likeness (QED) is 0.617. The molecule has 2 aromatic rings. The Bertz CT molecular complexity index is 926. The molecule has 0 N–H and O–H groups in total. The number of hydrazone groups is 1. The fourth-order valence-electron chi connectivity index (χ4n) is 2.75. The van der Waals surface area contributed by atoms with Gasteiger partial charge in [-0.05, 0) is 55.0 Å². The number of hydrogen-bond donors (Lipinski definition) is 0. The van der Waals surface area contributed by atoms with Crippen molar-refractivity contribution in [1.29, 1.82) is 0 Å². The van der Waals surface area contributed by atoms with Crippen LogP contribution in [0.1, 0.15) is 22.8 Å². The van der Waals surface area contributed by atoms with E-state index in [1.54, 1.807) is 31.2 Å². The van der Waals surface area contributed by atoms with Crippen LogP contribution in [0.25, 0.3) is 6.08 Å².